The molecular weight excluding hydrogens is 362 g/mol. The van der Waals surface area contributed by atoms with Crippen LogP contribution in [0.5, 0.6) is 0 Å². The van der Waals surface area contributed by atoms with Crippen LogP contribution in [-0.2, 0) is 16.4 Å². The molecule has 2 aliphatic heterocycles. The summed E-state index contributed by atoms with van der Waals surface area (Å²) < 4.78 is 28.9. The third-order valence-electron chi connectivity index (χ3n) is 5.59. The summed E-state index contributed by atoms with van der Waals surface area (Å²) in [5.41, 5.74) is 3.16. The van der Waals surface area contributed by atoms with Crippen molar-refractivity contribution in [2.24, 2.45) is 0 Å². The molecule has 0 saturated carbocycles. The van der Waals surface area contributed by atoms with Crippen LogP contribution in [0.1, 0.15) is 47.1 Å². The average molecular weight is 388 g/mol. The first-order valence-corrected chi connectivity index (χ1v) is 10.9. The van der Waals surface area contributed by atoms with Crippen LogP contribution in [0.4, 0.5) is 5.69 Å². The van der Waals surface area contributed by atoms with E-state index in [0.717, 1.165) is 18.4 Å². The molecule has 0 radical (unpaired) electrons. The van der Waals surface area contributed by atoms with Gasteiger partial charge in [0.2, 0.25) is 0 Å². The quantitative estimate of drug-likeness (QED) is 0.880. The number of likely N-dealkylation sites (tertiary alicyclic amines) is 1. The number of para-hydroxylation sites is 1. The van der Waals surface area contributed by atoms with Crippen molar-refractivity contribution >= 4 is 21.6 Å². The van der Waals surface area contributed by atoms with Crippen LogP contribution in [0.3, 0.4) is 0 Å². The maximum absolute atomic E-state index is 13.7. The Labute approximate surface area is 160 Å². The third-order valence-corrected chi connectivity index (χ3v) is 7.69. The van der Waals surface area contributed by atoms with Crippen LogP contribution in [0.15, 0.2) is 29.2 Å². The van der Waals surface area contributed by atoms with Crippen LogP contribution in [0.2, 0.25) is 0 Å². The van der Waals surface area contributed by atoms with Gasteiger partial charge in [0, 0.05) is 30.5 Å². The smallest absolute Gasteiger partial charge is 0.267 e. The van der Waals surface area contributed by atoms with Crippen LogP contribution in [0.25, 0.3) is 0 Å². The highest BCUT2D eigenvalue weighted by Crippen LogP contribution is 2.39. The SMILES string of the molecule is Cc1[nH]c(C)c(S(=O)(=O)N2c3ccccc3C[C@@H]2C)c1C(=O)N1CCCC1. The number of rotatable bonds is 3. The number of aromatic amines is 1. The fourth-order valence-corrected chi connectivity index (χ4v) is 6.54. The molecule has 0 bridgehead atoms. The van der Waals surface area contributed by atoms with Gasteiger partial charge < -0.3 is 9.88 Å². The van der Waals surface area contributed by atoms with E-state index < -0.39 is 10.0 Å². The molecule has 0 unspecified atom stereocenters. The van der Waals surface area contributed by atoms with E-state index in [1.54, 1.807) is 18.7 Å². The van der Waals surface area contributed by atoms with Crippen molar-refractivity contribution in [1.29, 1.82) is 0 Å². The minimum Gasteiger partial charge on any atom is -0.361 e. The zero-order chi connectivity index (χ0) is 19.3. The Morgan fingerprint density at radius 1 is 1.11 bits per heavy atom. The van der Waals surface area contributed by atoms with Gasteiger partial charge in [-0.05, 0) is 51.7 Å². The van der Waals surface area contributed by atoms with E-state index >= 15 is 0 Å². The number of hydrogen-bond donors (Lipinski definition) is 1. The van der Waals surface area contributed by atoms with Gasteiger partial charge in [0.05, 0.1) is 11.3 Å². The predicted molar refractivity (Wildman–Crippen MR) is 105 cm³/mol. The monoisotopic (exact) mass is 387 g/mol. The maximum Gasteiger partial charge on any atom is 0.267 e. The van der Waals surface area contributed by atoms with E-state index in [2.05, 4.69) is 4.98 Å². The van der Waals surface area contributed by atoms with Crippen molar-refractivity contribution in [2.75, 3.05) is 17.4 Å². The number of anilines is 1. The first kappa shape index (κ1) is 18.1. The zero-order valence-electron chi connectivity index (χ0n) is 15.9. The summed E-state index contributed by atoms with van der Waals surface area (Å²) in [6, 6.07) is 7.40. The number of hydrogen-bond acceptors (Lipinski definition) is 3. The molecule has 3 heterocycles. The summed E-state index contributed by atoms with van der Waals surface area (Å²) in [4.78, 5) is 18.1. The second-order valence-corrected chi connectivity index (χ2v) is 9.31. The average Bonchev–Trinajstić information content (AvgIpc) is 3.30. The fourth-order valence-electron chi connectivity index (χ4n) is 4.42. The van der Waals surface area contributed by atoms with Crippen molar-refractivity contribution in [2.45, 2.75) is 51.0 Å². The molecule has 2 aromatic rings. The molecule has 1 aromatic heterocycles. The fraction of sp³-hybridized carbons (Fsp3) is 0.450. The summed E-state index contributed by atoms with van der Waals surface area (Å²) in [7, 11) is -3.86. The van der Waals surface area contributed by atoms with Gasteiger partial charge in [-0.2, -0.15) is 0 Å². The number of benzene rings is 1. The number of carbonyl (C=O) groups excluding carboxylic acids is 1. The Kier molecular flexibility index (Phi) is 4.29. The first-order valence-electron chi connectivity index (χ1n) is 9.43. The van der Waals surface area contributed by atoms with E-state index in [1.165, 1.54) is 4.31 Å². The van der Waals surface area contributed by atoms with Crippen molar-refractivity contribution in [3.8, 4) is 0 Å². The number of nitrogens with one attached hydrogen (secondary N) is 1. The van der Waals surface area contributed by atoms with Crippen molar-refractivity contribution < 1.29 is 13.2 Å². The molecule has 1 atom stereocenters. The van der Waals surface area contributed by atoms with Gasteiger partial charge >= 0.3 is 0 Å². The van der Waals surface area contributed by atoms with Gasteiger partial charge in [0.1, 0.15) is 4.90 Å². The lowest BCUT2D eigenvalue weighted by Gasteiger charge is -2.25. The number of nitrogens with zero attached hydrogens (tertiary/aromatic N) is 2. The van der Waals surface area contributed by atoms with Gasteiger partial charge in [0.15, 0.2) is 0 Å². The van der Waals surface area contributed by atoms with Gasteiger partial charge in [0.25, 0.3) is 15.9 Å². The Balaban J connectivity index is 1.85. The van der Waals surface area contributed by atoms with Crippen LogP contribution in [0, 0.1) is 13.8 Å². The summed E-state index contributed by atoms with van der Waals surface area (Å²) in [5, 5.41) is 0. The molecule has 4 rings (SSSR count). The van der Waals surface area contributed by atoms with Crippen LogP contribution < -0.4 is 4.31 Å². The zero-order valence-corrected chi connectivity index (χ0v) is 16.8. The maximum atomic E-state index is 13.7. The summed E-state index contributed by atoms with van der Waals surface area (Å²) in [6.07, 6.45) is 2.60. The molecule has 2 aliphatic rings. The molecular formula is C20H25N3O3S. The number of aryl methyl sites for hydroxylation is 2. The van der Waals surface area contributed by atoms with E-state index in [0.29, 0.717) is 42.1 Å². The van der Waals surface area contributed by atoms with E-state index in [9.17, 15) is 13.2 Å². The van der Waals surface area contributed by atoms with Gasteiger partial charge in [-0.15, -0.1) is 0 Å². The summed E-state index contributed by atoms with van der Waals surface area (Å²) >= 11 is 0. The predicted octanol–water partition coefficient (Wildman–Crippen LogP) is 3.01. The van der Waals surface area contributed by atoms with Crippen molar-refractivity contribution in [1.82, 2.24) is 9.88 Å². The highest BCUT2D eigenvalue weighted by Gasteiger charge is 2.40. The van der Waals surface area contributed by atoms with E-state index in [4.69, 9.17) is 0 Å². The van der Waals surface area contributed by atoms with E-state index in [1.807, 2.05) is 31.2 Å². The number of sulfonamides is 1. The van der Waals surface area contributed by atoms with Gasteiger partial charge in [-0.25, -0.2) is 8.42 Å². The minimum atomic E-state index is -3.86. The van der Waals surface area contributed by atoms with Crippen molar-refractivity contribution in [3.63, 3.8) is 0 Å². The molecule has 0 spiro atoms. The molecule has 6 nitrogen and oxygen atoms in total. The normalized spacial score (nSPS) is 19.6. The topological polar surface area (TPSA) is 73.5 Å². The van der Waals surface area contributed by atoms with Gasteiger partial charge in [-0.3, -0.25) is 9.10 Å². The number of aromatic nitrogens is 1. The van der Waals surface area contributed by atoms with Crippen LogP contribution >= 0.6 is 0 Å². The molecule has 7 heteroatoms. The van der Waals surface area contributed by atoms with Gasteiger partial charge in [-0.1, -0.05) is 18.2 Å². The Bertz CT molecular complexity index is 1000. The highest BCUT2D eigenvalue weighted by molar-refractivity contribution is 7.93. The lowest BCUT2D eigenvalue weighted by atomic mass is 10.1. The molecule has 27 heavy (non-hydrogen) atoms. The molecule has 1 saturated heterocycles. The number of H-pyrrole nitrogens is 1. The largest absolute Gasteiger partial charge is 0.361 e. The molecule has 1 N–H and O–H groups in total. The Hall–Kier alpha value is -2.28. The number of fused-ring (bicyclic) bond motifs is 1. The Morgan fingerprint density at radius 2 is 1.78 bits per heavy atom. The molecule has 0 aliphatic carbocycles. The second kappa shape index (κ2) is 6.41. The van der Waals surface area contributed by atoms with Crippen molar-refractivity contribution in [3.05, 3.63) is 46.8 Å². The lowest BCUT2D eigenvalue weighted by molar-refractivity contribution is 0.0788. The van der Waals surface area contributed by atoms with Crippen LogP contribution in [-0.4, -0.2) is 43.3 Å². The molecule has 1 aromatic carbocycles. The molecule has 1 amide bonds. The molecule has 144 valence electrons. The Morgan fingerprint density at radius 3 is 2.48 bits per heavy atom. The highest BCUT2D eigenvalue weighted by atomic mass is 32.2. The first-order chi connectivity index (χ1) is 12.8. The lowest BCUT2D eigenvalue weighted by Crippen LogP contribution is -2.37. The molecule has 1 fully saturated rings. The standard InChI is InChI=1S/C20H25N3O3S/c1-13-12-16-8-4-5-9-17(16)23(13)27(25,26)19-15(3)21-14(2)18(19)20(24)22-10-6-7-11-22/h4-5,8-9,13,21H,6-7,10-12H2,1-3H3/t13-/m0/s1. The number of amides is 1. The van der Waals surface area contributed by atoms with E-state index in [-0.39, 0.29) is 16.8 Å². The third kappa shape index (κ3) is 2.76. The minimum absolute atomic E-state index is 0.125. The summed E-state index contributed by atoms with van der Waals surface area (Å²) in [5.74, 6) is -0.187. The second-order valence-electron chi connectivity index (χ2n) is 7.56. The number of carbonyl (C=O) groups is 1. The summed E-state index contributed by atoms with van der Waals surface area (Å²) in [6.45, 7) is 6.79.